The summed E-state index contributed by atoms with van der Waals surface area (Å²) in [6.07, 6.45) is 0.710. The van der Waals surface area contributed by atoms with Crippen LogP contribution in [-0.2, 0) is 4.79 Å². The maximum Gasteiger partial charge on any atom is 0.306 e. The molecule has 0 radical (unpaired) electrons. The van der Waals surface area contributed by atoms with Crippen molar-refractivity contribution in [1.82, 2.24) is 0 Å². The molecule has 0 bridgehead atoms. The van der Waals surface area contributed by atoms with Crippen molar-refractivity contribution >= 4 is 21.9 Å². The fourth-order valence-electron chi connectivity index (χ4n) is 0.928. The van der Waals surface area contributed by atoms with E-state index in [9.17, 15) is 4.79 Å². The molecule has 0 aromatic rings. The molecule has 10 heavy (non-hydrogen) atoms. The number of alkyl halides is 1. The quantitative estimate of drug-likeness (QED) is 0.720. The second kappa shape index (κ2) is 4.72. The van der Waals surface area contributed by atoms with Crippen LogP contribution in [0.5, 0.6) is 0 Å². The van der Waals surface area contributed by atoms with Gasteiger partial charge < -0.3 is 5.11 Å². The van der Waals surface area contributed by atoms with Gasteiger partial charge in [0.2, 0.25) is 0 Å². The molecular formula is C7H13BrO2. The lowest BCUT2D eigenvalue weighted by atomic mass is 9.94. The average molecular weight is 209 g/mol. The van der Waals surface area contributed by atoms with E-state index in [0.29, 0.717) is 6.42 Å². The SMILES string of the molecule is CC[C@H](C(=O)O)C(C)CBr. The van der Waals surface area contributed by atoms with Gasteiger partial charge >= 0.3 is 5.97 Å². The van der Waals surface area contributed by atoms with Crippen LogP contribution in [0.4, 0.5) is 0 Å². The zero-order valence-corrected chi connectivity index (χ0v) is 7.89. The Morgan fingerprint density at radius 2 is 2.20 bits per heavy atom. The third kappa shape index (κ3) is 2.69. The van der Waals surface area contributed by atoms with Crippen molar-refractivity contribution in [2.75, 3.05) is 5.33 Å². The van der Waals surface area contributed by atoms with Gasteiger partial charge in [-0.15, -0.1) is 0 Å². The highest BCUT2D eigenvalue weighted by atomic mass is 79.9. The van der Waals surface area contributed by atoms with Crippen molar-refractivity contribution in [3.8, 4) is 0 Å². The van der Waals surface area contributed by atoms with E-state index >= 15 is 0 Å². The van der Waals surface area contributed by atoms with E-state index in [1.807, 2.05) is 13.8 Å². The molecule has 1 unspecified atom stereocenters. The number of carboxylic acids is 1. The van der Waals surface area contributed by atoms with Crippen LogP contribution in [0.3, 0.4) is 0 Å². The van der Waals surface area contributed by atoms with Gasteiger partial charge in [-0.05, 0) is 12.3 Å². The summed E-state index contributed by atoms with van der Waals surface area (Å²) in [5.74, 6) is -0.656. The minimum atomic E-state index is -0.686. The summed E-state index contributed by atoms with van der Waals surface area (Å²) < 4.78 is 0. The van der Waals surface area contributed by atoms with Crippen LogP contribution >= 0.6 is 15.9 Å². The lowest BCUT2D eigenvalue weighted by Crippen LogP contribution is -2.21. The van der Waals surface area contributed by atoms with Crippen molar-refractivity contribution < 1.29 is 9.90 Å². The lowest BCUT2D eigenvalue weighted by molar-refractivity contribution is -0.143. The summed E-state index contributed by atoms with van der Waals surface area (Å²) in [5.41, 5.74) is 0. The zero-order valence-electron chi connectivity index (χ0n) is 6.30. The third-order valence-corrected chi connectivity index (χ3v) is 2.71. The Labute approximate surface area is 69.8 Å². The summed E-state index contributed by atoms with van der Waals surface area (Å²) in [6, 6.07) is 0. The van der Waals surface area contributed by atoms with E-state index in [1.54, 1.807) is 0 Å². The molecule has 1 N–H and O–H groups in total. The molecule has 2 atom stereocenters. The normalized spacial score (nSPS) is 16.3. The van der Waals surface area contributed by atoms with Gasteiger partial charge in [0, 0.05) is 5.33 Å². The Morgan fingerprint density at radius 1 is 1.70 bits per heavy atom. The van der Waals surface area contributed by atoms with E-state index in [-0.39, 0.29) is 11.8 Å². The third-order valence-electron chi connectivity index (χ3n) is 1.69. The maximum atomic E-state index is 10.5. The summed E-state index contributed by atoms with van der Waals surface area (Å²) >= 11 is 3.26. The second-order valence-corrected chi connectivity index (χ2v) is 3.13. The maximum absolute atomic E-state index is 10.5. The van der Waals surface area contributed by atoms with Crippen LogP contribution in [0, 0.1) is 11.8 Å². The number of aliphatic carboxylic acids is 1. The zero-order chi connectivity index (χ0) is 8.15. The molecular weight excluding hydrogens is 196 g/mol. The number of rotatable bonds is 4. The molecule has 0 saturated heterocycles. The minimum absolute atomic E-state index is 0.195. The molecule has 2 nitrogen and oxygen atoms in total. The summed E-state index contributed by atoms with van der Waals surface area (Å²) in [5, 5.41) is 9.42. The highest BCUT2D eigenvalue weighted by Crippen LogP contribution is 2.17. The average Bonchev–Trinajstić information content (AvgIpc) is 1.88. The first kappa shape index (κ1) is 9.95. The van der Waals surface area contributed by atoms with Gasteiger partial charge in [-0.1, -0.05) is 29.8 Å². The van der Waals surface area contributed by atoms with Gasteiger partial charge in [-0.3, -0.25) is 4.79 Å². The molecule has 0 aliphatic heterocycles. The Hall–Kier alpha value is -0.0500. The molecule has 0 aliphatic carbocycles. The van der Waals surface area contributed by atoms with Crippen molar-refractivity contribution in [2.24, 2.45) is 11.8 Å². The van der Waals surface area contributed by atoms with Crippen LogP contribution in [-0.4, -0.2) is 16.4 Å². The van der Waals surface area contributed by atoms with Gasteiger partial charge in [-0.25, -0.2) is 0 Å². The second-order valence-electron chi connectivity index (χ2n) is 2.48. The summed E-state index contributed by atoms with van der Waals surface area (Å²) in [7, 11) is 0. The Kier molecular flexibility index (Phi) is 4.69. The standard InChI is InChI=1S/C7H13BrO2/c1-3-6(7(9)10)5(2)4-8/h5-6H,3-4H2,1-2H3,(H,9,10)/t5?,6-/m0/s1. The van der Waals surface area contributed by atoms with E-state index in [0.717, 1.165) is 5.33 Å². The van der Waals surface area contributed by atoms with Crippen LogP contribution in [0.15, 0.2) is 0 Å². The Balaban J connectivity index is 3.92. The molecule has 0 saturated carbocycles. The smallest absolute Gasteiger partial charge is 0.306 e. The Bertz CT molecular complexity index is 114. The monoisotopic (exact) mass is 208 g/mol. The van der Waals surface area contributed by atoms with Gasteiger partial charge in [0.25, 0.3) is 0 Å². The number of hydrogen-bond donors (Lipinski definition) is 1. The molecule has 60 valence electrons. The molecule has 0 amide bonds. The van der Waals surface area contributed by atoms with Crippen LogP contribution in [0.2, 0.25) is 0 Å². The van der Waals surface area contributed by atoms with Gasteiger partial charge in [0.15, 0.2) is 0 Å². The first-order valence-electron chi connectivity index (χ1n) is 3.42. The Morgan fingerprint density at radius 3 is 2.30 bits per heavy atom. The van der Waals surface area contributed by atoms with Crippen LogP contribution in [0.1, 0.15) is 20.3 Å². The highest BCUT2D eigenvalue weighted by Gasteiger charge is 2.20. The number of carbonyl (C=O) groups is 1. The van der Waals surface area contributed by atoms with Gasteiger partial charge in [0.1, 0.15) is 0 Å². The van der Waals surface area contributed by atoms with E-state index < -0.39 is 5.97 Å². The van der Waals surface area contributed by atoms with Crippen LogP contribution < -0.4 is 0 Å². The molecule has 0 rings (SSSR count). The van der Waals surface area contributed by atoms with Crippen molar-refractivity contribution in [3.05, 3.63) is 0 Å². The van der Waals surface area contributed by atoms with Crippen molar-refractivity contribution in [3.63, 3.8) is 0 Å². The topological polar surface area (TPSA) is 37.3 Å². The lowest BCUT2D eigenvalue weighted by Gasteiger charge is -2.14. The number of hydrogen-bond acceptors (Lipinski definition) is 1. The predicted octanol–water partition coefficient (Wildman–Crippen LogP) is 2.13. The predicted molar refractivity (Wildman–Crippen MR) is 44.4 cm³/mol. The first-order chi connectivity index (χ1) is 4.63. The van der Waals surface area contributed by atoms with Crippen molar-refractivity contribution in [1.29, 1.82) is 0 Å². The van der Waals surface area contributed by atoms with E-state index in [4.69, 9.17) is 5.11 Å². The minimum Gasteiger partial charge on any atom is -0.481 e. The van der Waals surface area contributed by atoms with Gasteiger partial charge in [-0.2, -0.15) is 0 Å². The fourth-order valence-corrected chi connectivity index (χ4v) is 1.38. The molecule has 0 heterocycles. The van der Waals surface area contributed by atoms with Crippen molar-refractivity contribution in [2.45, 2.75) is 20.3 Å². The summed E-state index contributed by atoms with van der Waals surface area (Å²) in [4.78, 5) is 10.5. The molecule has 0 spiro atoms. The molecule has 0 aromatic heterocycles. The molecule has 0 aromatic carbocycles. The number of halogens is 1. The number of carboxylic acid groups (broad SMARTS) is 1. The molecule has 0 fully saturated rings. The summed E-state index contributed by atoms with van der Waals surface area (Å²) in [6.45, 7) is 3.84. The largest absolute Gasteiger partial charge is 0.481 e. The fraction of sp³-hybridized carbons (Fsp3) is 0.857. The van der Waals surface area contributed by atoms with Gasteiger partial charge in [0.05, 0.1) is 5.92 Å². The van der Waals surface area contributed by atoms with E-state index in [2.05, 4.69) is 15.9 Å². The van der Waals surface area contributed by atoms with E-state index in [1.165, 1.54) is 0 Å². The first-order valence-corrected chi connectivity index (χ1v) is 4.54. The molecule has 0 aliphatic rings. The molecule has 3 heteroatoms. The van der Waals surface area contributed by atoms with Crippen LogP contribution in [0.25, 0.3) is 0 Å². The highest BCUT2D eigenvalue weighted by molar-refractivity contribution is 9.09.